The Labute approximate surface area is 258 Å². The Hall–Kier alpha value is -2.12. The summed E-state index contributed by atoms with van der Waals surface area (Å²) in [6, 6.07) is 3.46. The molecule has 13 unspecified atom stereocenters. The highest BCUT2D eigenvalue weighted by Crippen LogP contribution is 2.67. The van der Waals surface area contributed by atoms with E-state index in [2.05, 4.69) is 4.90 Å². The minimum absolute atomic E-state index is 0.136. The SMILES string of the molecule is COc1ccc2c3c1OC1C(OC4(O)COC(CO)C(O)C4O)=CCC4(OC5OC(CO)C(O)C(O)C5O)C(C2)N(C)CCC314. The van der Waals surface area contributed by atoms with E-state index >= 15 is 0 Å². The molecule has 1 aromatic rings. The second-order valence-corrected chi connectivity index (χ2v) is 13.0. The Kier molecular flexibility index (Phi) is 7.67. The lowest BCUT2D eigenvalue weighted by molar-refractivity contribution is -0.355. The zero-order valence-electron chi connectivity index (χ0n) is 24.9. The molecule has 4 aliphatic heterocycles. The van der Waals surface area contributed by atoms with E-state index in [0.717, 1.165) is 11.1 Å². The van der Waals surface area contributed by atoms with Crippen LogP contribution in [0.1, 0.15) is 24.0 Å². The van der Waals surface area contributed by atoms with Gasteiger partial charge in [-0.15, -0.1) is 0 Å². The van der Waals surface area contributed by atoms with E-state index in [4.69, 9.17) is 28.4 Å². The standard InChI is InChI=1S/C30H41NO14/c1-31-8-7-28-19-13-3-4-14(40-2)24(19)43-26(28)15(44-30(39)12-41-16(10-32)21(35)25(30)38)5-6-29(28,18(31)9-13)45-27-23(37)22(36)20(34)17(11-33)42-27/h3-5,16-18,20-23,25-27,32-39H,6-12H2,1-2H3. The van der Waals surface area contributed by atoms with Crippen molar-refractivity contribution in [2.24, 2.45) is 0 Å². The topological polar surface area (TPSA) is 220 Å². The summed E-state index contributed by atoms with van der Waals surface area (Å²) >= 11 is 0. The van der Waals surface area contributed by atoms with Crippen molar-refractivity contribution in [3.05, 3.63) is 35.1 Å². The number of likely N-dealkylation sites (tertiary alicyclic amines) is 1. The number of piperidine rings is 1. The summed E-state index contributed by atoms with van der Waals surface area (Å²) in [6.45, 7) is -1.14. The fourth-order valence-electron chi connectivity index (χ4n) is 8.50. The molecule has 3 fully saturated rings. The van der Waals surface area contributed by atoms with Crippen LogP contribution in [0.15, 0.2) is 24.0 Å². The molecule has 250 valence electrons. The Bertz CT molecular complexity index is 1340. The van der Waals surface area contributed by atoms with Crippen molar-refractivity contribution in [3.63, 3.8) is 0 Å². The summed E-state index contributed by atoms with van der Waals surface area (Å²) in [5, 5.41) is 84.4. The molecule has 45 heavy (non-hydrogen) atoms. The Morgan fingerprint density at radius 2 is 1.76 bits per heavy atom. The first-order valence-corrected chi connectivity index (χ1v) is 15.2. The second-order valence-electron chi connectivity index (χ2n) is 13.0. The number of aliphatic hydroxyl groups is 8. The molecule has 1 aromatic carbocycles. The number of rotatable bonds is 7. The summed E-state index contributed by atoms with van der Waals surface area (Å²) in [5.74, 6) is -1.33. The van der Waals surface area contributed by atoms with Gasteiger partial charge in [0.25, 0.3) is 5.79 Å². The van der Waals surface area contributed by atoms with Gasteiger partial charge >= 0.3 is 0 Å². The number of nitrogens with zero attached hydrogens (tertiary/aromatic N) is 1. The van der Waals surface area contributed by atoms with Gasteiger partial charge in [0.1, 0.15) is 60.7 Å². The fourth-order valence-corrected chi connectivity index (χ4v) is 8.50. The summed E-state index contributed by atoms with van der Waals surface area (Å²) < 4.78 is 36.7. The molecule has 0 saturated carbocycles. The van der Waals surface area contributed by atoms with E-state index < -0.39 is 91.7 Å². The highest BCUT2D eigenvalue weighted by atomic mass is 16.7. The number of methoxy groups -OCH3 is 1. The third-order valence-electron chi connectivity index (χ3n) is 10.8. The fraction of sp³-hybridized carbons (Fsp3) is 0.733. The van der Waals surface area contributed by atoms with Crippen molar-refractivity contribution in [1.29, 1.82) is 0 Å². The van der Waals surface area contributed by atoms with Crippen LogP contribution in [0.5, 0.6) is 11.5 Å². The summed E-state index contributed by atoms with van der Waals surface area (Å²) in [5.41, 5.74) is -0.447. The monoisotopic (exact) mass is 639 g/mol. The molecular formula is C30H41NO14. The number of hydrogen-bond donors (Lipinski definition) is 8. The average Bonchev–Trinajstić information content (AvgIpc) is 3.39. The first kappa shape index (κ1) is 31.5. The zero-order chi connectivity index (χ0) is 32.1. The molecule has 15 nitrogen and oxygen atoms in total. The van der Waals surface area contributed by atoms with Crippen LogP contribution in [0.3, 0.4) is 0 Å². The molecule has 1 spiro atoms. The second kappa shape index (κ2) is 11.0. The average molecular weight is 640 g/mol. The van der Waals surface area contributed by atoms with Crippen molar-refractivity contribution in [3.8, 4) is 11.5 Å². The maximum absolute atomic E-state index is 11.5. The van der Waals surface area contributed by atoms with E-state index in [0.29, 0.717) is 30.9 Å². The first-order chi connectivity index (χ1) is 21.5. The lowest BCUT2D eigenvalue weighted by atomic mass is 9.50. The van der Waals surface area contributed by atoms with Crippen LogP contribution in [-0.4, -0.2) is 159 Å². The minimum Gasteiger partial charge on any atom is -0.493 e. The van der Waals surface area contributed by atoms with Crippen LogP contribution in [0.25, 0.3) is 0 Å². The third kappa shape index (κ3) is 4.20. The zero-order valence-corrected chi connectivity index (χ0v) is 24.9. The lowest BCUT2D eigenvalue weighted by Gasteiger charge is -2.64. The van der Waals surface area contributed by atoms with Crippen molar-refractivity contribution in [1.82, 2.24) is 4.90 Å². The van der Waals surface area contributed by atoms with Crippen LogP contribution in [0.2, 0.25) is 0 Å². The van der Waals surface area contributed by atoms with E-state index in [1.54, 1.807) is 6.08 Å². The summed E-state index contributed by atoms with van der Waals surface area (Å²) in [6.07, 6.45) is -10.3. The molecule has 7 rings (SSSR count). The van der Waals surface area contributed by atoms with Gasteiger partial charge in [-0.1, -0.05) is 6.07 Å². The molecule has 13 atom stereocenters. The number of ether oxygens (including phenoxy) is 6. The van der Waals surface area contributed by atoms with Crippen molar-refractivity contribution < 1.29 is 69.3 Å². The van der Waals surface area contributed by atoms with E-state index in [1.807, 2.05) is 19.2 Å². The van der Waals surface area contributed by atoms with Crippen LogP contribution in [0.4, 0.5) is 0 Å². The maximum Gasteiger partial charge on any atom is 0.260 e. The Morgan fingerprint density at radius 1 is 1.00 bits per heavy atom. The normalized spacial score (nSPS) is 47.0. The molecule has 15 heteroatoms. The van der Waals surface area contributed by atoms with E-state index in [-0.39, 0.29) is 18.2 Å². The molecule has 2 bridgehead atoms. The van der Waals surface area contributed by atoms with Gasteiger partial charge in [0, 0.05) is 18.0 Å². The Morgan fingerprint density at radius 3 is 2.47 bits per heavy atom. The molecule has 8 N–H and O–H groups in total. The number of hydrogen-bond acceptors (Lipinski definition) is 15. The van der Waals surface area contributed by atoms with Gasteiger partial charge in [-0.2, -0.15) is 0 Å². The van der Waals surface area contributed by atoms with E-state index in [9.17, 15) is 40.9 Å². The molecule has 0 aromatic heterocycles. The highest BCUT2D eigenvalue weighted by Gasteiger charge is 2.74. The van der Waals surface area contributed by atoms with Gasteiger partial charge in [-0.25, -0.2) is 0 Å². The molecule has 6 aliphatic rings. The quantitative estimate of drug-likeness (QED) is 0.136. The molecule has 2 aliphatic carbocycles. The smallest absolute Gasteiger partial charge is 0.260 e. The Balaban J connectivity index is 1.35. The lowest BCUT2D eigenvalue weighted by Crippen LogP contribution is -2.77. The molecule has 3 saturated heterocycles. The number of benzene rings is 1. The largest absolute Gasteiger partial charge is 0.493 e. The number of aliphatic hydroxyl groups excluding tert-OH is 7. The van der Waals surface area contributed by atoms with Crippen LogP contribution in [-0.2, 0) is 30.8 Å². The predicted octanol–water partition coefficient (Wildman–Crippen LogP) is -3.38. The van der Waals surface area contributed by atoms with Crippen molar-refractivity contribution >= 4 is 0 Å². The van der Waals surface area contributed by atoms with Crippen LogP contribution < -0.4 is 9.47 Å². The van der Waals surface area contributed by atoms with Crippen LogP contribution in [0, 0.1) is 0 Å². The first-order valence-electron chi connectivity index (χ1n) is 15.2. The van der Waals surface area contributed by atoms with Gasteiger partial charge in [0.2, 0.25) is 0 Å². The third-order valence-corrected chi connectivity index (χ3v) is 10.8. The van der Waals surface area contributed by atoms with Gasteiger partial charge in [-0.3, -0.25) is 0 Å². The predicted molar refractivity (Wildman–Crippen MR) is 149 cm³/mol. The van der Waals surface area contributed by atoms with E-state index in [1.165, 1.54) is 7.11 Å². The van der Waals surface area contributed by atoms with Crippen LogP contribution >= 0.6 is 0 Å². The molecule has 4 heterocycles. The molecular weight excluding hydrogens is 598 g/mol. The van der Waals surface area contributed by atoms with Gasteiger partial charge in [0.15, 0.2) is 23.9 Å². The minimum atomic E-state index is -2.39. The van der Waals surface area contributed by atoms with Crippen molar-refractivity contribution in [2.75, 3.05) is 40.5 Å². The van der Waals surface area contributed by atoms with Gasteiger partial charge in [-0.05, 0) is 44.1 Å². The maximum atomic E-state index is 11.5. The summed E-state index contributed by atoms with van der Waals surface area (Å²) in [7, 11) is 3.48. The molecule has 0 radical (unpaired) electrons. The molecule has 0 amide bonds. The number of likely N-dealkylation sites (N-methyl/N-ethyl adjacent to an activating group) is 1. The van der Waals surface area contributed by atoms with Gasteiger partial charge in [0.05, 0.1) is 25.7 Å². The van der Waals surface area contributed by atoms with Gasteiger partial charge < -0.3 is 74.2 Å². The summed E-state index contributed by atoms with van der Waals surface area (Å²) in [4.78, 5) is 2.15. The van der Waals surface area contributed by atoms with Crippen molar-refractivity contribution in [2.45, 2.75) is 97.2 Å². The highest BCUT2D eigenvalue weighted by molar-refractivity contribution is 5.64.